The Morgan fingerprint density at radius 1 is 0.543 bits per heavy atom. The number of esters is 2. The molecule has 6 heterocycles. The molecule has 0 radical (unpaired) electrons. The number of hydrogen-bond acceptors (Lipinski definition) is 6. The number of halogens is 1. The Labute approximate surface area is 219 Å². The molecule has 0 amide bonds. The first-order valence-corrected chi connectivity index (χ1v) is 14.4. The van der Waals surface area contributed by atoms with Gasteiger partial charge in [0.1, 0.15) is 12.2 Å². The Hall–Kier alpha value is -0.850. The van der Waals surface area contributed by atoms with Crippen LogP contribution >= 0.6 is 12.4 Å². The minimum atomic E-state index is -0.0193. The van der Waals surface area contributed by atoms with Gasteiger partial charge in [0.15, 0.2) is 0 Å². The predicted molar refractivity (Wildman–Crippen MR) is 143 cm³/mol. The van der Waals surface area contributed by atoms with Gasteiger partial charge in [0.2, 0.25) is 0 Å². The summed E-state index contributed by atoms with van der Waals surface area (Å²) in [6.45, 7) is 4.31. The third-order valence-corrected chi connectivity index (χ3v) is 8.14. The molecule has 4 bridgehead atoms. The highest BCUT2D eigenvalue weighted by atomic mass is 35.5. The van der Waals surface area contributed by atoms with Crippen molar-refractivity contribution in [1.29, 1.82) is 0 Å². The summed E-state index contributed by atoms with van der Waals surface area (Å²) in [5.74, 6) is -0.0385. The van der Waals surface area contributed by atoms with E-state index >= 15 is 0 Å². The number of hydrogen-bond donors (Lipinski definition) is 2. The van der Waals surface area contributed by atoms with Gasteiger partial charge in [-0.25, -0.2) is 0 Å². The summed E-state index contributed by atoms with van der Waals surface area (Å²) in [6, 6.07) is 1.53. The molecule has 0 aromatic rings. The van der Waals surface area contributed by atoms with Gasteiger partial charge in [0.05, 0.1) is 0 Å². The first-order chi connectivity index (χ1) is 16.5. The van der Waals surface area contributed by atoms with E-state index < -0.39 is 0 Å². The van der Waals surface area contributed by atoms with Crippen LogP contribution in [0.3, 0.4) is 0 Å². The zero-order valence-corrected chi connectivity index (χ0v) is 23.0. The van der Waals surface area contributed by atoms with Crippen LogP contribution in [0.5, 0.6) is 0 Å². The largest absolute Gasteiger partial charge is 0.461 e. The van der Waals surface area contributed by atoms with Crippen molar-refractivity contribution in [1.82, 2.24) is 10.6 Å². The Balaban J connectivity index is 0.00000432. The van der Waals surface area contributed by atoms with Crippen molar-refractivity contribution in [2.45, 2.75) is 166 Å². The average molecular weight is 515 g/mol. The minimum absolute atomic E-state index is 0. The van der Waals surface area contributed by atoms with Crippen molar-refractivity contribution >= 4 is 24.3 Å². The lowest BCUT2D eigenvalue weighted by Crippen LogP contribution is -2.50. The van der Waals surface area contributed by atoms with Crippen molar-refractivity contribution in [3.8, 4) is 0 Å². The number of carbonyl (C=O) groups is 2. The molecule has 0 spiro atoms. The summed E-state index contributed by atoms with van der Waals surface area (Å²) in [5.41, 5.74) is 0. The molecular weight excluding hydrogens is 464 g/mol. The minimum Gasteiger partial charge on any atom is -0.461 e. The second-order valence-electron chi connectivity index (χ2n) is 11.1. The first-order valence-electron chi connectivity index (χ1n) is 14.4. The molecule has 0 aromatic carbocycles. The van der Waals surface area contributed by atoms with Crippen LogP contribution in [0.4, 0.5) is 0 Å². The van der Waals surface area contributed by atoms with Crippen LogP contribution in [0.15, 0.2) is 0 Å². The van der Waals surface area contributed by atoms with Crippen molar-refractivity contribution in [3.63, 3.8) is 0 Å². The number of rotatable bonds is 0. The Morgan fingerprint density at radius 2 is 0.914 bits per heavy atom. The molecule has 35 heavy (non-hydrogen) atoms. The van der Waals surface area contributed by atoms with Crippen molar-refractivity contribution < 1.29 is 19.1 Å². The van der Waals surface area contributed by atoms with Gasteiger partial charge in [-0.2, -0.15) is 0 Å². The fourth-order valence-corrected chi connectivity index (χ4v) is 5.97. The predicted octanol–water partition coefficient (Wildman–Crippen LogP) is 5.99. The average Bonchev–Trinajstić information content (AvgIpc) is 2.80. The molecule has 0 aromatic heterocycles. The van der Waals surface area contributed by atoms with Gasteiger partial charge in [-0.15, -0.1) is 12.4 Å². The monoisotopic (exact) mass is 514 g/mol. The normalized spacial score (nSPS) is 35.5. The van der Waals surface area contributed by atoms with Crippen LogP contribution in [0.1, 0.15) is 129 Å². The smallest absolute Gasteiger partial charge is 0.306 e. The topological polar surface area (TPSA) is 76.7 Å². The lowest BCUT2D eigenvalue weighted by molar-refractivity contribution is -0.153. The first kappa shape index (κ1) is 30.4. The molecule has 0 unspecified atom stereocenters. The lowest BCUT2D eigenvalue weighted by atomic mass is 9.92. The van der Waals surface area contributed by atoms with E-state index in [0.29, 0.717) is 24.9 Å². The summed E-state index contributed by atoms with van der Waals surface area (Å²) in [7, 11) is 0. The fraction of sp³-hybridized carbons (Fsp3) is 0.929. The van der Waals surface area contributed by atoms with E-state index in [1.54, 1.807) is 0 Å². The number of piperidine rings is 2. The quantitative estimate of drug-likeness (QED) is 0.387. The van der Waals surface area contributed by atoms with Gasteiger partial charge in [0, 0.05) is 37.0 Å². The second-order valence-corrected chi connectivity index (χ2v) is 11.1. The third kappa shape index (κ3) is 11.4. The van der Waals surface area contributed by atoms with Gasteiger partial charge >= 0.3 is 11.9 Å². The van der Waals surface area contributed by atoms with Gasteiger partial charge < -0.3 is 20.1 Å². The summed E-state index contributed by atoms with van der Waals surface area (Å²) in [4.78, 5) is 24.6. The lowest BCUT2D eigenvalue weighted by Gasteiger charge is -2.35. The number of ether oxygens (including phenoxy) is 2. The standard InChI is InChI=1S/C28H50N2O4.ClH/c1-21-25-19-17-23(29-21)13-9-5-3-8-12-16-28(32)34-26-20-18-24(30-22(26)2)14-10-6-4-7-11-15-27(31)33-25;/h21-26,29-30H,3-20H2,1-2H3;1H/t21-,22-,23+,24+,25-,26-;/m0./s1. The molecule has 6 saturated heterocycles. The maximum atomic E-state index is 12.3. The molecule has 6 aliphatic rings. The Morgan fingerprint density at radius 3 is 1.31 bits per heavy atom. The maximum Gasteiger partial charge on any atom is 0.306 e. The molecule has 0 saturated carbocycles. The second kappa shape index (κ2) is 16.8. The van der Waals surface area contributed by atoms with Gasteiger partial charge in [-0.3, -0.25) is 9.59 Å². The van der Waals surface area contributed by atoms with Crippen molar-refractivity contribution in [3.05, 3.63) is 0 Å². The van der Waals surface area contributed by atoms with Gasteiger partial charge in [0.25, 0.3) is 0 Å². The van der Waals surface area contributed by atoms with Crippen LogP contribution < -0.4 is 10.6 Å². The van der Waals surface area contributed by atoms with Crippen LogP contribution in [-0.4, -0.2) is 48.3 Å². The number of carbonyl (C=O) groups excluding carboxylic acids is 2. The van der Waals surface area contributed by atoms with Crippen LogP contribution in [0, 0.1) is 0 Å². The van der Waals surface area contributed by atoms with E-state index in [1.165, 1.54) is 51.4 Å². The van der Waals surface area contributed by atoms with E-state index in [-0.39, 0.29) is 48.6 Å². The maximum absolute atomic E-state index is 12.3. The zero-order chi connectivity index (χ0) is 24.2. The van der Waals surface area contributed by atoms with Gasteiger partial charge in [-0.05, 0) is 65.2 Å². The summed E-state index contributed by atoms with van der Waals surface area (Å²) in [6.07, 6.45) is 18.9. The third-order valence-electron chi connectivity index (χ3n) is 8.14. The highest BCUT2D eigenvalue weighted by Gasteiger charge is 2.30. The highest BCUT2D eigenvalue weighted by Crippen LogP contribution is 2.23. The highest BCUT2D eigenvalue weighted by molar-refractivity contribution is 5.85. The van der Waals surface area contributed by atoms with Gasteiger partial charge in [-0.1, -0.05) is 51.4 Å². The van der Waals surface area contributed by atoms with E-state index in [1.807, 2.05) is 0 Å². The zero-order valence-electron chi connectivity index (χ0n) is 22.2. The molecule has 0 aliphatic carbocycles. The molecule has 6 atom stereocenters. The molecule has 6 fully saturated rings. The molecule has 6 rings (SSSR count). The van der Waals surface area contributed by atoms with Crippen LogP contribution in [0.25, 0.3) is 0 Å². The fourth-order valence-electron chi connectivity index (χ4n) is 5.97. The summed E-state index contributed by atoms with van der Waals surface area (Å²) >= 11 is 0. The van der Waals surface area contributed by atoms with Crippen molar-refractivity contribution in [2.24, 2.45) is 0 Å². The van der Waals surface area contributed by atoms with Crippen molar-refractivity contribution in [2.75, 3.05) is 0 Å². The molecule has 6 aliphatic heterocycles. The molecule has 7 heteroatoms. The van der Waals surface area contributed by atoms with E-state index in [2.05, 4.69) is 24.5 Å². The summed E-state index contributed by atoms with van der Waals surface area (Å²) < 4.78 is 11.6. The summed E-state index contributed by atoms with van der Waals surface area (Å²) in [5, 5.41) is 7.35. The molecule has 6 nitrogen and oxygen atoms in total. The molecule has 204 valence electrons. The Kier molecular flexibility index (Phi) is 14.6. The Bertz CT molecular complexity index is 568. The molecule has 2 N–H and O–H groups in total. The molecular formula is C28H51ClN2O4. The van der Waals surface area contributed by atoms with Crippen LogP contribution in [0.2, 0.25) is 0 Å². The number of nitrogens with one attached hydrogen (secondary N) is 2. The van der Waals surface area contributed by atoms with Crippen LogP contribution in [-0.2, 0) is 19.1 Å². The SMILES string of the molecule is C[C@@H]1N[C@@H]2CCCCCCCC(=O)O[C@H]3CC[C@@H](CCCCCCCC(=O)O[C@H]1CC2)N[C@H]3C.Cl. The van der Waals surface area contributed by atoms with E-state index in [0.717, 1.165) is 51.4 Å². The van der Waals surface area contributed by atoms with E-state index in [4.69, 9.17) is 9.47 Å². The van der Waals surface area contributed by atoms with E-state index in [9.17, 15) is 9.59 Å².